The van der Waals surface area contributed by atoms with E-state index < -0.39 is 11.7 Å². The van der Waals surface area contributed by atoms with Gasteiger partial charge in [-0.25, -0.2) is 9.97 Å². The molecule has 1 fully saturated rings. The minimum absolute atomic E-state index is 0.0561. The topological polar surface area (TPSA) is 70.3 Å². The van der Waals surface area contributed by atoms with Crippen LogP contribution in [0.3, 0.4) is 0 Å². The lowest BCUT2D eigenvalue weighted by atomic mass is 10.0. The van der Waals surface area contributed by atoms with Gasteiger partial charge in [0.05, 0.1) is 11.7 Å². The third-order valence-electron chi connectivity index (χ3n) is 3.70. The van der Waals surface area contributed by atoms with Crippen molar-refractivity contribution in [1.82, 2.24) is 9.97 Å². The third kappa shape index (κ3) is 3.94. The largest absolute Gasteiger partial charge is 0.491 e. The Balaban J connectivity index is 1.89. The number of hydrogen-bond donors (Lipinski definition) is 1. The van der Waals surface area contributed by atoms with Gasteiger partial charge in [0.1, 0.15) is 12.4 Å². The zero-order chi connectivity index (χ0) is 17.2. The summed E-state index contributed by atoms with van der Waals surface area (Å²) in [6, 6.07) is 3.55. The Kier molecular flexibility index (Phi) is 4.57. The van der Waals surface area contributed by atoms with E-state index in [1.165, 1.54) is 18.5 Å². The van der Waals surface area contributed by atoms with Crippen LogP contribution < -0.4 is 10.5 Å². The number of hydrogen-bond acceptors (Lipinski definition) is 5. The highest BCUT2D eigenvalue weighted by molar-refractivity contribution is 5.65. The monoisotopic (exact) mass is 339 g/mol. The summed E-state index contributed by atoms with van der Waals surface area (Å²) < 4.78 is 50.4. The molecular formula is C16H16F3N3O2. The summed E-state index contributed by atoms with van der Waals surface area (Å²) in [7, 11) is 0. The fourth-order valence-electron chi connectivity index (χ4n) is 2.46. The predicted molar refractivity (Wildman–Crippen MR) is 81.4 cm³/mol. The molecule has 2 heterocycles. The summed E-state index contributed by atoms with van der Waals surface area (Å²) in [4.78, 5) is 7.62. The van der Waals surface area contributed by atoms with Crippen molar-refractivity contribution in [2.45, 2.75) is 25.1 Å². The molecule has 1 aromatic carbocycles. The lowest BCUT2D eigenvalue weighted by Gasteiger charge is -2.15. The number of anilines is 1. The molecule has 1 aliphatic heterocycles. The van der Waals surface area contributed by atoms with Crippen LogP contribution >= 0.6 is 0 Å². The molecular weight excluding hydrogens is 323 g/mol. The standard InChI is InChI=1S/C16H16F3N3O2/c17-16(18,19)12-4-10(11-7-21-15(20)22-8-11)5-14(6-12)24-9-13-2-1-3-23-13/h4-8,13H,1-3,9H2,(H2,20,21,22). The van der Waals surface area contributed by atoms with Crippen molar-refractivity contribution in [1.29, 1.82) is 0 Å². The fourth-order valence-corrected chi connectivity index (χ4v) is 2.46. The maximum atomic E-state index is 13.1. The van der Waals surface area contributed by atoms with Gasteiger partial charge in [0.15, 0.2) is 0 Å². The van der Waals surface area contributed by atoms with E-state index in [2.05, 4.69) is 9.97 Å². The Morgan fingerprint density at radius 1 is 1.17 bits per heavy atom. The average Bonchev–Trinajstić information content (AvgIpc) is 3.06. The lowest BCUT2D eigenvalue weighted by Crippen LogP contribution is -2.16. The molecule has 2 aromatic rings. The van der Waals surface area contributed by atoms with E-state index in [9.17, 15) is 13.2 Å². The van der Waals surface area contributed by atoms with Crippen molar-refractivity contribution in [3.8, 4) is 16.9 Å². The van der Waals surface area contributed by atoms with E-state index in [0.717, 1.165) is 25.0 Å². The van der Waals surface area contributed by atoms with E-state index in [1.54, 1.807) is 0 Å². The van der Waals surface area contributed by atoms with E-state index in [1.807, 2.05) is 0 Å². The Bertz CT molecular complexity index is 699. The molecule has 0 aliphatic carbocycles. The Morgan fingerprint density at radius 2 is 1.92 bits per heavy atom. The minimum atomic E-state index is -4.48. The number of ether oxygens (including phenoxy) is 2. The maximum Gasteiger partial charge on any atom is 0.416 e. The first-order valence-corrected chi connectivity index (χ1v) is 7.46. The summed E-state index contributed by atoms with van der Waals surface area (Å²) in [5.74, 6) is 0.188. The molecule has 3 rings (SSSR count). The predicted octanol–water partition coefficient (Wildman–Crippen LogP) is 3.30. The van der Waals surface area contributed by atoms with Crippen LogP contribution in [0.25, 0.3) is 11.1 Å². The van der Waals surface area contributed by atoms with Crippen LogP contribution in [0.1, 0.15) is 18.4 Å². The average molecular weight is 339 g/mol. The Hall–Kier alpha value is -2.35. The van der Waals surface area contributed by atoms with Crippen molar-refractivity contribution in [3.63, 3.8) is 0 Å². The van der Waals surface area contributed by atoms with E-state index in [4.69, 9.17) is 15.2 Å². The number of alkyl halides is 3. The molecule has 1 aromatic heterocycles. The number of nitrogens with two attached hydrogens (primary N) is 1. The highest BCUT2D eigenvalue weighted by Gasteiger charge is 2.31. The second-order valence-corrected chi connectivity index (χ2v) is 5.52. The Morgan fingerprint density at radius 3 is 2.54 bits per heavy atom. The molecule has 1 atom stereocenters. The van der Waals surface area contributed by atoms with Gasteiger partial charge < -0.3 is 15.2 Å². The second kappa shape index (κ2) is 6.64. The molecule has 1 saturated heterocycles. The van der Waals surface area contributed by atoms with Gasteiger partial charge in [-0.15, -0.1) is 0 Å². The molecule has 0 radical (unpaired) electrons. The molecule has 0 spiro atoms. The van der Waals surface area contributed by atoms with Gasteiger partial charge >= 0.3 is 6.18 Å². The molecule has 24 heavy (non-hydrogen) atoms. The van der Waals surface area contributed by atoms with Gasteiger partial charge in [-0.2, -0.15) is 13.2 Å². The maximum absolute atomic E-state index is 13.1. The number of nitrogen functional groups attached to an aromatic ring is 1. The molecule has 0 saturated carbocycles. The van der Waals surface area contributed by atoms with Crippen LogP contribution in [0.15, 0.2) is 30.6 Å². The first-order valence-electron chi connectivity index (χ1n) is 7.46. The van der Waals surface area contributed by atoms with Crippen molar-refractivity contribution < 1.29 is 22.6 Å². The summed E-state index contributed by atoms with van der Waals surface area (Å²) in [5, 5.41) is 0. The molecule has 1 unspecified atom stereocenters. The summed E-state index contributed by atoms with van der Waals surface area (Å²) in [6.07, 6.45) is -0.0269. The van der Waals surface area contributed by atoms with Gasteiger partial charge in [-0.1, -0.05) is 0 Å². The zero-order valence-electron chi connectivity index (χ0n) is 12.7. The number of aromatic nitrogens is 2. The first kappa shape index (κ1) is 16.5. The summed E-state index contributed by atoms with van der Waals surface area (Å²) >= 11 is 0. The van der Waals surface area contributed by atoms with Crippen LogP contribution in [0, 0.1) is 0 Å². The van der Waals surface area contributed by atoms with Gasteiger partial charge in [-0.05, 0) is 36.6 Å². The van der Waals surface area contributed by atoms with E-state index in [0.29, 0.717) is 17.7 Å². The quantitative estimate of drug-likeness (QED) is 0.925. The highest BCUT2D eigenvalue weighted by atomic mass is 19.4. The molecule has 8 heteroatoms. The Labute approximate surface area is 136 Å². The van der Waals surface area contributed by atoms with Crippen molar-refractivity contribution >= 4 is 5.95 Å². The smallest absolute Gasteiger partial charge is 0.416 e. The van der Waals surface area contributed by atoms with E-state index >= 15 is 0 Å². The normalized spacial score (nSPS) is 17.9. The van der Waals surface area contributed by atoms with Crippen molar-refractivity contribution in [2.24, 2.45) is 0 Å². The molecule has 2 N–H and O–H groups in total. The van der Waals surface area contributed by atoms with Gasteiger partial charge in [0.25, 0.3) is 0 Å². The molecule has 128 valence electrons. The summed E-state index contributed by atoms with van der Waals surface area (Å²) in [6.45, 7) is 0.879. The molecule has 5 nitrogen and oxygen atoms in total. The van der Waals surface area contributed by atoms with Crippen molar-refractivity contribution in [3.05, 3.63) is 36.2 Å². The highest BCUT2D eigenvalue weighted by Crippen LogP contribution is 2.35. The number of nitrogens with zero attached hydrogens (tertiary/aromatic N) is 2. The summed E-state index contributed by atoms with van der Waals surface area (Å²) in [5.41, 5.74) is 5.36. The minimum Gasteiger partial charge on any atom is -0.491 e. The van der Waals surface area contributed by atoms with Crippen molar-refractivity contribution in [2.75, 3.05) is 18.9 Å². The SMILES string of the molecule is Nc1ncc(-c2cc(OCC3CCCO3)cc(C(F)(F)F)c2)cn1. The van der Waals surface area contributed by atoms with Crippen LogP contribution in [-0.4, -0.2) is 29.3 Å². The number of halogens is 3. The van der Waals surface area contributed by atoms with E-state index in [-0.39, 0.29) is 24.4 Å². The second-order valence-electron chi connectivity index (χ2n) is 5.52. The fraction of sp³-hybridized carbons (Fsp3) is 0.375. The third-order valence-corrected chi connectivity index (χ3v) is 3.70. The first-order chi connectivity index (χ1) is 11.4. The number of rotatable bonds is 4. The van der Waals surface area contributed by atoms with Gasteiger partial charge in [0.2, 0.25) is 5.95 Å². The van der Waals surface area contributed by atoms with Gasteiger partial charge in [0, 0.05) is 24.6 Å². The zero-order valence-corrected chi connectivity index (χ0v) is 12.7. The molecule has 0 bridgehead atoms. The van der Waals surface area contributed by atoms with Crippen LogP contribution in [-0.2, 0) is 10.9 Å². The number of benzene rings is 1. The molecule has 0 amide bonds. The van der Waals surface area contributed by atoms with Gasteiger partial charge in [-0.3, -0.25) is 0 Å². The van der Waals surface area contributed by atoms with Crippen LogP contribution in [0.4, 0.5) is 19.1 Å². The lowest BCUT2D eigenvalue weighted by molar-refractivity contribution is -0.137. The molecule has 1 aliphatic rings. The van der Waals surface area contributed by atoms with Crippen LogP contribution in [0.2, 0.25) is 0 Å². The van der Waals surface area contributed by atoms with Crippen LogP contribution in [0.5, 0.6) is 5.75 Å².